The Hall–Kier alpha value is -1.66. The maximum absolute atomic E-state index is 13.5. The van der Waals surface area contributed by atoms with E-state index in [-0.39, 0.29) is 26.7 Å². The number of hydrogen-bond donors (Lipinski definition) is 1. The highest BCUT2D eigenvalue weighted by Gasteiger charge is 2.17. The van der Waals surface area contributed by atoms with Gasteiger partial charge in [0.05, 0.1) is 15.6 Å². The number of aryl methyl sites for hydroxylation is 2. The van der Waals surface area contributed by atoms with Crippen molar-refractivity contribution >= 4 is 27.3 Å². The Bertz CT molecular complexity index is 784. The van der Waals surface area contributed by atoms with Crippen LogP contribution in [0.4, 0.5) is 14.5 Å². The lowest BCUT2D eigenvalue weighted by molar-refractivity contribution is 0.595. The van der Waals surface area contributed by atoms with Crippen LogP contribution in [0.15, 0.2) is 35.2 Å². The van der Waals surface area contributed by atoms with Gasteiger partial charge >= 0.3 is 0 Å². The Morgan fingerprint density at radius 1 is 1.05 bits per heavy atom. The predicted molar refractivity (Wildman–Crippen MR) is 78.1 cm³/mol. The second kappa shape index (κ2) is 5.61. The Morgan fingerprint density at radius 3 is 2.14 bits per heavy atom. The molecule has 7 heteroatoms. The van der Waals surface area contributed by atoms with Crippen molar-refractivity contribution in [1.29, 1.82) is 0 Å². The molecular formula is C14H12ClF2NO2S. The first kappa shape index (κ1) is 15.7. The normalized spacial score (nSPS) is 11.5. The van der Waals surface area contributed by atoms with Gasteiger partial charge in [-0.3, -0.25) is 4.72 Å². The quantitative estimate of drug-likeness (QED) is 0.922. The summed E-state index contributed by atoms with van der Waals surface area (Å²) in [7, 11) is -3.93. The SMILES string of the molecule is Cc1cc(S(=O)(=O)Nc2ccc(Cl)c(F)c2)cc(C)c1F. The lowest BCUT2D eigenvalue weighted by atomic mass is 10.1. The molecule has 3 nitrogen and oxygen atoms in total. The summed E-state index contributed by atoms with van der Waals surface area (Å²) in [5, 5.41) is -0.105. The summed E-state index contributed by atoms with van der Waals surface area (Å²) in [4.78, 5) is -0.0886. The van der Waals surface area contributed by atoms with Gasteiger partial charge in [0.1, 0.15) is 11.6 Å². The fraction of sp³-hybridized carbons (Fsp3) is 0.143. The van der Waals surface area contributed by atoms with Crippen LogP contribution in [-0.4, -0.2) is 8.42 Å². The molecule has 0 saturated carbocycles. The van der Waals surface area contributed by atoms with Gasteiger partial charge in [0.2, 0.25) is 0 Å². The van der Waals surface area contributed by atoms with Crippen LogP contribution in [0.5, 0.6) is 0 Å². The average Bonchev–Trinajstić information content (AvgIpc) is 2.39. The summed E-state index contributed by atoms with van der Waals surface area (Å²) in [5.41, 5.74) is 0.479. The van der Waals surface area contributed by atoms with E-state index in [9.17, 15) is 17.2 Å². The minimum Gasteiger partial charge on any atom is -0.280 e. The number of rotatable bonds is 3. The lowest BCUT2D eigenvalue weighted by Crippen LogP contribution is -2.14. The molecule has 0 bridgehead atoms. The molecular weight excluding hydrogens is 320 g/mol. The monoisotopic (exact) mass is 331 g/mol. The van der Waals surface area contributed by atoms with Gasteiger partial charge in [-0.15, -0.1) is 0 Å². The van der Waals surface area contributed by atoms with Gasteiger partial charge < -0.3 is 0 Å². The van der Waals surface area contributed by atoms with Gasteiger partial charge in [-0.1, -0.05) is 11.6 Å². The van der Waals surface area contributed by atoms with E-state index in [4.69, 9.17) is 11.6 Å². The van der Waals surface area contributed by atoms with Crippen molar-refractivity contribution in [2.24, 2.45) is 0 Å². The number of nitrogens with one attached hydrogen (secondary N) is 1. The maximum Gasteiger partial charge on any atom is 0.261 e. The number of halogens is 3. The number of hydrogen-bond acceptors (Lipinski definition) is 2. The molecule has 0 spiro atoms. The van der Waals surface area contributed by atoms with Crippen LogP contribution in [0.3, 0.4) is 0 Å². The van der Waals surface area contributed by atoms with E-state index in [2.05, 4.69) is 4.72 Å². The van der Waals surface area contributed by atoms with E-state index in [1.807, 2.05) is 0 Å². The Kier molecular flexibility index (Phi) is 4.20. The molecule has 0 aliphatic heterocycles. The third-order valence-corrected chi connectivity index (χ3v) is 4.56. The third kappa shape index (κ3) is 3.33. The predicted octanol–water partition coefficient (Wildman–Crippen LogP) is 4.04. The zero-order valence-corrected chi connectivity index (χ0v) is 12.8. The molecule has 0 saturated heterocycles. The van der Waals surface area contributed by atoms with Gasteiger partial charge in [0.15, 0.2) is 0 Å². The van der Waals surface area contributed by atoms with Crippen LogP contribution in [-0.2, 0) is 10.0 Å². The summed E-state index contributed by atoms with van der Waals surface area (Å²) in [5.74, 6) is -1.19. The van der Waals surface area contributed by atoms with Crippen molar-refractivity contribution in [2.45, 2.75) is 18.7 Å². The van der Waals surface area contributed by atoms with Crippen LogP contribution in [0.2, 0.25) is 5.02 Å². The van der Waals surface area contributed by atoms with Gasteiger partial charge in [-0.05, 0) is 55.3 Å². The highest BCUT2D eigenvalue weighted by atomic mass is 35.5. The number of sulfonamides is 1. The molecule has 2 aromatic carbocycles. The minimum absolute atomic E-state index is 0.0385. The van der Waals surface area contributed by atoms with E-state index in [1.54, 1.807) is 0 Å². The summed E-state index contributed by atoms with van der Waals surface area (Å²) in [6.45, 7) is 2.95. The molecule has 2 aromatic rings. The van der Waals surface area contributed by atoms with Crippen molar-refractivity contribution in [3.63, 3.8) is 0 Å². The van der Waals surface area contributed by atoms with Gasteiger partial charge in [-0.25, -0.2) is 17.2 Å². The van der Waals surface area contributed by atoms with Crippen molar-refractivity contribution in [3.05, 3.63) is 58.1 Å². The van der Waals surface area contributed by atoms with Crippen LogP contribution >= 0.6 is 11.6 Å². The second-order valence-electron chi connectivity index (χ2n) is 4.61. The van der Waals surface area contributed by atoms with Crippen LogP contribution in [0.1, 0.15) is 11.1 Å². The first-order valence-electron chi connectivity index (χ1n) is 5.95. The molecule has 0 aliphatic rings. The number of anilines is 1. The molecule has 0 aliphatic carbocycles. The molecule has 112 valence electrons. The first-order valence-corrected chi connectivity index (χ1v) is 7.81. The van der Waals surface area contributed by atoms with E-state index in [0.717, 1.165) is 6.07 Å². The summed E-state index contributed by atoms with van der Waals surface area (Å²) < 4.78 is 53.5. The number of benzene rings is 2. The van der Waals surface area contributed by atoms with Crippen LogP contribution in [0, 0.1) is 25.5 Å². The maximum atomic E-state index is 13.5. The average molecular weight is 332 g/mol. The highest BCUT2D eigenvalue weighted by Crippen LogP contribution is 2.23. The zero-order chi connectivity index (χ0) is 15.8. The summed E-state index contributed by atoms with van der Waals surface area (Å²) in [6.07, 6.45) is 0. The molecule has 0 amide bonds. The second-order valence-corrected chi connectivity index (χ2v) is 6.70. The molecule has 1 N–H and O–H groups in total. The molecule has 0 aromatic heterocycles. The van der Waals surface area contributed by atoms with E-state index >= 15 is 0 Å². The third-order valence-electron chi connectivity index (χ3n) is 2.89. The molecule has 21 heavy (non-hydrogen) atoms. The largest absolute Gasteiger partial charge is 0.280 e. The molecule has 0 fully saturated rings. The molecule has 0 heterocycles. The summed E-state index contributed by atoms with van der Waals surface area (Å²) in [6, 6.07) is 6.00. The smallest absolute Gasteiger partial charge is 0.261 e. The summed E-state index contributed by atoms with van der Waals surface area (Å²) >= 11 is 5.53. The van der Waals surface area contributed by atoms with Crippen molar-refractivity contribution < 1.29 is 17.2 Å². The van der Waals surface area contributed by atoms with E-state index < -0.39 is 21.7 Å². The fourth-order valence-corrected chi connectivity index (χ4v) is 3.17. The van der Waals surface area contributed by atoms with Crippen molar-refractivity contribution in [1.82, 2.24) is 0 Å². The van der Waals surface area contributed by atoms with Crippen LogP contribution < -0.4 is 4.72 Å². The van der Waals surface area contributed by atoms with Gasteiger partial charge in [0.25, 0.3) is 10.0 Å². The van der Waals surface area contributed by atoms with E-state index in [1.165, 1.54) is 38.1 Å². The zero-order valence-electron chi connectivity index (χ0n) is 11.2. The highest BCUT2D eigenvalue weighted by molar-refractivity contribution is 7.92. The molecule has 2 rings (SSSR count). The topological polar surface area (TPSA) is 46.2 Å². The molecule has 0 radical (unpaired) electrons. The first-order chi connectivity index (χ1) is 9.70. The Labute approximate surface area is 126 Å². The fourth-order valence-electron chi connectivity index (χ4n) is 1.84. The van der Waals surface area contributed by atoms with Crippen LogP contribution in [0.25, 0.3) is 0 Å². The lowest BCUT2D eigenvalue weighted by Gasteiger charge is -2.11. The Morgan fingerprint density at radius 2 is 1.62 bits per heavy atom. The van der Waals surface area contributed by atoms with E-state index in [0.29, 0.717) is 0 Å². The molecule has 0 atom stereocenters. The van der Waals surface area contributed by atoms with Crippen molar-refractivity contribution in [2.75, 3.05) is 4.72 Å². The minimum atomic E-state index is -3.93. The molecule has 0 unspecified atom stereocenters. The van der Waals surface area contributed by atoms with Gasteiger partial charge in [0, 0.05) is 0 Å². The van der Waals surface area contributed by atoms with Crippen molar-refractivity contribution in [3.8, 4) is 0 Å². The Balaban J connectivity index is 2.40. The standard InChI is InChI=1S/C14H12ClF2NO2S/c1-8-5-11(6-9(2)14(8)17)21(19,20)18-10-3-4-12(15)13(16)7-10/h3-7,18H,1-2H3. The van der Waals surface area contributed by atoms with Gasteiger partial charge in [-0.2, -0.15) is 0 Å².